The molecular formula is C15H14ClNO3S. The molecule has 0 bridgehead atoms. The summed E-state index contributed by atoms with van der Waals surface area (Å²) in [7, 11) is -3.36. The van der Waals surface area contributed by atoms with E-state index in [4.69, 9.17) is 11.6 Å². The zero-order valence-corrected chi connectivity index (χ0v) is 12.9. The Morgan fingerprint density at radius 1 is 1.10 bits per heavy atom. The summed E-state index contributed by atoms with van der Waals surface area (Å²) in [5, 5.41) is 3.28. The predicted octanol–water partition coefficient (Wildman–Crippen LogP) is 2.92. The van der Waals surface area contributed by atoms with Crippen molar-refractivity contribution in [2.24, 2.45) is 0 Å². The number of hydrogen-bond acceptors (Lipinski definition) is 3. The molecule has 4 nitrogen and oxygen atoms in total. The number of carbonyl (C=O) groups is 1. The van der Waals surface area contributed by atoms with Crippen molar-refractivity contribution < 1.29 is 13.2 Å². The minimum atomic E-state index is -3.36. The van der Waals surface area contributed by atoms with Crippen LogP contribution in [0, 0.1) is 0 Å². The molecule has 2 rings (SSSR count). The van der Waals surface area contributed by atoms with Gasteiger partial charge in [0.15, 0.2) is 9.84 Å². The van der Waals surface area contributed by atoms with Crippen molar-refractivity contribution in [3.8, 4) is 0 Å². The second-order valence-electron chi connectivity index (χ2n) is 4.61. The van der Waals surface area contributed by atoms with E-state index in [0.29, 0.717) is 16.3 Å². The van der Waals surface area contributed by atoms with Gasteiger partial charge in [0, 0.05) is 17.0 Å². The number of sulfone groups is 1. The Kier molecular flexibility index (Phi) is 4.65. The first-order valence-corrected chi connectivity index (χ1v) is 8.46. The maximum Gasteiger partial charge on any atom is 0.228 e. The highest BCUT2D eigenvalue weighted by Gasteiger charge is 2.15. The largest absolute Gasteiger partial charge is 0.326 e. The molecule has 0 spiro atoms. The van der Waals surface area contributed by atoms with Gasteiger partial charge in [-0.2, -0.15) is 0 Å². The summed E-state index contributed by atoms with van der Waals surface area (Å²) >= 11 is 5.77. The van der Waals surface area contributed by atoms with E-state index in [0.717, 1.165) is 6.26 Å². The first-order chi connectivity index (χ1) is 9.86. The average molecular weight is 324 g/mol. The van der Waals surface area contributed by atoms with E-state index in [-0.39, 0.29) is 17.2 Å². The normalized spacial score (nSPS) is 11.1. The maximum absolute atomic E-state index is 12.0. The van der Waals surface area contributed by atoms with Gasteiger partial charge in [-0.1, -0.05) is 29.8 Å². The number of anilines is 1. The number of rotatable bonds is 4. The Bertz CT molecular complexity index is 755. The summed E-state index contributed by atoms with van der Waals surface area (Å²) in [6.45, 7) is 0. The molecule has 0 aliphatic carbocycles. The van der Waals surface area contributed by atoms with Crippen LogP contribution in [0.3, 0.4) is 0 Å². The molecule has 0 aromatic heterocycles. The molecule has 0 saturated carbocycles. The third kappa shape index (κ3) is 4.31. The standard InChI is InChI=1S/C15H14ClNO3S/c1-21(19,20)14-5-3-2-4-11(14)10-15(18)17-13-8-6-12(16)7-9-13/h2-9H,10H2,1H3,(H,17,18). The minimum Gasteiger partial charge on any atom is -0.326 e. The molecular weight excluding hydrogens is 310 g/mol. The first-order valence-electron chi connectivity index (χ1n) is 6.19. The topological polar surface area (TPSA) is 63.2 Å². The van der Waals surface area contributed by atoms with Gasteiger partial charge in [0.05, 0.1) is 11.3 Å². The van der Waals surface area contributed by atoms with Gasteiger partial charge >= 0.3 is 0 Å². The highest BCUT2D eigenvalue weighted by atomic mass is 35.5. The zero-order valence-electron chi connectivity index (χ0n) is 11.3. The summed E-state index contributed by atoms with van der Waals surface area (Å²) < 4.78 is 23.4. The molecule has 0 heterocycles. The second kappa shape index (κ2) is 6.28. The van der Waals surface area contributed by atoms with E-state index in [1.807, 2.05) is 0 Å². The van der Waals surface area contributed by atoms with Gasteiger partial charge in [-0.3, -0.25) is 4.79 Å². The molecule has 0 aliphatic rings. The monoisotopic (exact) mass is 323 g/mol. The lowest BCUT2D eigenvalue weighted by Gasteiger charge is -2.08. The van der Waals surface area contributed by atoms with Crippen molar-refractivity contribution in [3.05, 3.63) is 59.1 Å². The van der Waals surface area contributed by atoms with Gasteiger partial charge in [-0.15, -0.1) is 0 Å². The lowest BCUT2D eigenvalue weighted by Crippen LogP contribution is -2.16. The molecule has 0 aliphatic heterocycles. The molecule has 1 amide bonds. The highest BCUT2D eigenvalue weighted by molar-refractivity contribution is 7.90. The van der Waals surface area contributed by atoms with E-state index in [1.165, 1.54) is 6.07 Å². The van der Waals surface area contributed by atoms with Crippen molar-refractivity contribution >= 4 is 33.0 Å². The lowest BCUT2D eigenvalue weighted by molar-refractivity contribution is -0.115. The van der Waals surface area contributed by atoms with Crippen LogP contribution in [0.2, 0.25) is 5.02 Å². The van der Waals surface area contributed by atoms with E-state index < -0.39 is 9.84 Å². The van der Waals surface area contributed by atoms with Gasteiger partial charge < -0.3 is 5.32 Å². The number of amides is 1. The lowest BCUT2D eigenvalue weighted by atomic mass is 10.1. The zero-order chi connectivity index (χ0) is 15.5. The second-order valence-corrected chi connectivity index (χ2v) is 7.03. The predicted molar refractivity (Wildman–Crippen MR) is 83.3 cm³/mol. The number of halogens is 1. The summed E-state index contributed by atoms with van der Waals surface area (Å²) in [6, 6.07) is 13.2. The Hall–Kier alpha value is -1.85. The average Bonchev–Trinajstić information content (AvgIpc) is 2.41. The van der Waals surface area contributed by atoms with Crippen LogP contribution < -0.4 is 5.32 Å². The highest BCUT2D eigenvalue weighted by Crippen LogP contribution is 2.17. The van der Waals surface area contributed by atoms with Gasteiger partial charge in [-0.05, 0) is 35.9 Å². The van der Waals surface area contributed by atoms with Gasteiger partial charge in [0.2, 0.25) is 5.91 Å². The van der Waals surface area contributed by atoms with E-state index in [9.17, 15) is 13.2 Å². The fraction of sp³-hybridized carbons (Fsp3) is 0.133. The summed E-state index contributed by atoms with van der Waals surface area (Å²) in [5.41, 5.74) is 1.09. The van der Waals surface area contributed by atoms with Crippen molar-refractivity contribution in [2.75, 3.05) is 11.6 Å². The molecule has 0 fully saturated rings. The molecule has 21 heavy (non-hydrogen) atoms. The van der Waals surface area contributed by atoms with E-state index >= 15 is 0 Å². The van der Waals surface area contributed by atoms with Crippen molar-refractivity contribution in [1.29, 1.82) is 0 Å². The van der Waals surface area contributed by atoms with E-state index in [1.54, 1.807) is 42.5 Å². The first kappa shape index (κ1) is 15.5. The van der Waals surface area contributed by atoms with Crippen molar-refractivity contribution in [1.82, 2.24) is 0 Å². The molecule has 2 aromatic rings. The number of benzene rings is 2. The molecule has 0 radical (unpaired) electrons. The third-order valence-corrected chi connectivity index (χ3v) is 4.30. The van der Waals surface area contributed by atoms with Crippen LogP contribution in [0.25, 0.3) is 0 Å². The molecule has 6 heteroatoms. The van der Waals surface area contributed by atoms with Crippen LogP contribution >= 0.6 is 11.6 Å². The molecule has 1 N–H and O–H groups in total. The van der Waals surface area contributed by atoms with E-state index in [2.05, 4.69) is 5.32 Å². The summed E-state index contributed by atoms with van der Waals surface area (Å²) in [4.78, 5) is 12.2. The van der Waals surface area contributed by atoms with Gasteiger partial charge in [0.25, 0.3) is 0 Å². The number of carbonyl (C=O) groups excluding carboxylic acids is 1. The summed E-state index contributed by atoms with van der Waals surface area (Å²) in [6.07, 6.45) is 1.12. The number of hydrogen-bond donors (Lipinski definition) is 1. The molecule has 2 aromatic carbocycles. The summed E-state index contributed by atoms with van der Waals surface area (Å²) in [5.74, 6) is -0.284. The van der Waals surface area contributed by atoms with Crippen LogP contribution in [0.1, 0.15) is 5.56 Å². The Labute approximate surface area is 128 Å². The van der Waals surface area contributed by atoms with Crippen LogP contribution in [-0.2, 0) is 21.1 Å². The minimum absolute atomic E-state index is 0.00807. The van der Waals surface area contributed by atoms with Crippen LogP contribution in [0.15, 0.2) is 53.4 Å². The smallest absolute Gasteiger partial charge is 0.228 e. The SMILES string of the molecule is CS(=O)(=O)c1ccccc1CC(=O)Nc1ccc(Cl)cc1. The number of nitrogens with one attached hydrogen (secondary N) is 1. The fourth-order valence-electron chi connectivity index (χ4n) is 1.92. The van der Waals surface area contributed by atoms with Gasteiger partial charge in [-0.25, -0.2) is 8.42 Å². The Balaban J connectivity index is 2.15. The van der Waals surface area contributed by atoms with Crippen LogP contribution in [0.5, 0.6) is 0 Å². The maximum atomic E-state index is 12.0. The molecule has 0 atom stereocenters. The van der Waals surface area contributed by atoms with Crippen molar-refractivity contribution in [3.63, 3.8) is 0 Å². The van der Waals surface area contributed by atoms with Crippen LogP contribution in [0.4, 0.5) is 5.69 Å². The van der Waals surface area contributed by atoms with Gasteiger partial charge in [0.1, 0.15) is 0 Å². The van der Waals surface area contributed by atoms with Crippen LogP contribution in [-0.4, -0.2) is 20.6 Å². The molecule has 110 valence electrons. The Morgan fingerprint density at radius 3 is 2.33 bits per heavy atom. The van der Waals surface area contributed by atoms with Crippen molar-refractivity contribution in [2.45, 2.75) is 11.3 Å². The molecule has 0 unspecified atom stereocenters. The quantitative estimate of drug-likeness (QED) is 0.941. The Morgan fingerprint density at radius 2 is 1.71 bits per heavy atom. The third-order valence-electron chi connectivity index (χ3n) is 2.85. The molecule has 0 saturated heterocycles. The fourth-order valence-corrected chi connectivity index (χ4v) is 2.99.